The van der Waals surface area contributed by atoms with Crippen molar-refractivity contribution in [3.63, 3.8) is 0 Å². The Morgan fingerprint density at radius 3 is 2.24 bits per heavy atom. The van der Waals surface area contributed by atoms with Crippen molar-refractivity contribution in [1.82, 2.24) is 10.6 Å². The minimum Gasteiger partial charge on any atom is -0.456 e. The molecule has 2 aromatic rings. The zero-order chi connectivity index (χ0) is 21.2. The Morgan fingerprint density at radius 1 is 1.00 bits per heavy atom. The molecule has 0 heterocycles. The first kappa shape index (κ1) is 21.9. The molecule has 0 spiro atoms. The maximum atomic E-state index is 12.1. The van der Waals surface area contributed by atoms with Gasteiger partial charge in [0.1, 0.15) is 0 Å². The van der Waals surface area contributed by atoms with E-state index < -0.39 is 12.0 Å². The van der Waals surface area contributed by atoms with Crippen LogP contribution in [-0.4, -0.2) is 38.5 Å². The Morgan fingerprint density at radius 2 is 1.66 bits per heavy atom. The molecule has 7 nitrogen and oxygen atoms in total. The van der Waals surface area contributed by atoms with E-state index in [0.29, 0.717) is 6.54 Å². The standard InChI is InChI=1S/C22H27N3O4/c1-16(26)24-20(18-7-5-4-6-8-18)13-22(28)29-15-21(27)23-14-17-9-11-19(12-10-17)25(2)3/h4-12,20H,13-15H2,1-3H3,(H,23,27)(H,24,26)/t20-/m0/s1. The first-order valence-electron chi connectivity index (χ1n) is 9.36. The molecule has 0 unspecified atom stereocenters. The Balaban J connectivity index is 1.79. The Kier molecular flexibility index (Phi) is 8.21. The number of esters is 1. The van der Waals surface area contributed by atoms with E-state index in [-0.39, 0.29) is 24.8 Å². The third-order valence-corrected chi connectivity index (χ3v) is 4.26. The van der Waals surface area contributed by atoms with E-state index >= 15 is 0 Å². The highest BCUT2D eigenvalue weighted by molar-refractivity contribution is 5.81. The third kappa shape index (κ3) is 7.65. The van der Waals surface area contributed by atoms with Crippen LogP contribution in [0.2, 0.25) is 0 Å². The molecule has 2 N–H and O–H groups in total. The molecule has 154 valence electrons. The average Bonchev–Trinajstić information content (AvgIpc) is 2.71. The molecule has 0 radical (unpaired) electrons. The molecule has 29 heavy (non-hydrogen) atoms. The molecule has 0 aromatic heterocycles. The van der Waals surface area contributed by atoms with Crippen LogP contribution >= 0.6 is 0 Å². The van der Waals surface area contributed by atoms with Crippen molar-refractivity contribution in [2.75, 3.05) is 25.6 Å². The summed E-state index contributed by atoms with van der Waals surface area (Å²) >= 11 is 0. The van der Waals surface area contributed by atoms with Gasteiger partial charge in [-0.15, -0.1) is 0 Å². The fourth-order valence-electron chi connectivity index (χ4n) is 2.72. The lowest BCUT2D eigenvalue weighted by Gasteiger charge is -2.17. The van der Waals surface area contributed by atoms with Gasteiger partial charge in [-0.2, -0.15) is 0 Å². The number of benzene rings is 2. The first-order chi connectivity index (χ1) is 13.8. The molecule has 1 atom stereocenters. The summed E-state index contributed by atoms with van der Waals surface area (Å²) in [6, 6.07) is 16.4. The van der Waals surface area contributed by atoms with E-state index in [0.717, 1.165) is 16.8 Å². The van der Waals surface area contributed by atoms with Gasteiger partial charge in [-0.25, -0.2) is 0 Å². The van der Waals surface area contributed by atoms with Crippen LogP contribution in [0.5, 0.6) is 0 Å². The number of rotatable bonds is 9. The van der Waals surface area contributed by atoms with Crippen LogP contribution in [0.4, 0.5) is 5.69 Å². The number of hydrogen-bond acceptors (Lipinski definition) is 5. The molecule has 2 aromatic carbocycles. The van der Waals surface area contributed by atoms with Crippen molar-refractivity contribution in [2.24, 2.45) is 0 Å². The lowest BCUT2D eigenvalue weighted by Crippen LogP contribution is -2.31. The molecule has 2 amide bonds. The predicted octanol–water partition coefficient (Wildman–Crippen LogP) is 2.18. The van der Waals surface area contributed by atoms with Crippen LogP contribution in [0, 0.1) is 0 Å². The Labute approximate surface area is 171 Å². The highest BCUT2D eigenvalue weighted by Gasteiger charge is 2.18. The predicted molar refractivity (Wildman–Crippen MR) is 111 cm³/mol. The van der Waals surface area contributed by atoms with Gasteiger partial charge >= 0.3 is 5.97 Å². The number of hydrogen-bond donors (Lipinski definition) is 2. The number of ether oxygens (including phenoxy) is 1. The number of nitrogens with zero attached hydrogens (tertiary/aromatic N) is 1. The van der Waals surface area contributed by atoms with Crippen LogP contribution in [0.3, 0.4) is 0 Å². The van der Waals surface area contributed by atoms with Crippen molar-refractivity contribution in [3.8, 4) is 0 Å². The number of nitrogens with one attached hydrogen (secondary N) is 2. The molecule has 0 aliphatic carbocycles. The second kappa shape index (κ2) is 10.8. The molecular formula is C22H27N3O4. The SMILES string of the molecule is CC(=O)N[C@@H](CC(=O)OCC(=O)NCc1ccc(N(C)C)cc1)c1ccccc1. The second-order valence-corrected chi connectivity index (χ2v) is 6.87. The van der Waals surface area contributed by atoms with Gasteiger partial charge in [0.15, 0.2) is 6.61 Å². The smallest absolute Gasteiger partial charge is 0.308 e. The third-order valence-electron chi connectivity index (χ3n) is 4.26. The normalized spacial score (nSPS) is 11.3. The summed E-state index contributed by atoms with van der Waals surface area (Å²) in [5.41, 5.74) is 2.82. The topological polar surface area (TPSA) is 87.7 Å². The van der Waals surface area contributed by atoms with E-state index in [1.54, 1.807) is 0 Å². The zero-order valence-corrected chi connectivity index (χ0v) is 17.0. The van der Waals surface area contributed by atoms with Crippen molar-refractivity contribution in [3.05, 3.63) is 65.7 Å². The summed E-state index contributed by atoms with van der Waals surface area (Å²) in [6.45, 7) is 1.37. The van der Waals surface area contributed by atoms with Crippen molar-refractivity contribution < 1.29 is 19.1 Å². The lowest BCUT2D eigenvalue weighted by molar-refractivity contribution is -0.149. The Hall–Kier alpha value is -3.35. The van der Waals surface area contributed by atoms with E-state index in [1.807, 2.05) is 73.6 Å². The van der Waals surface area contributed by atoms with Gasteiger partial charge in [-0.1, -0.05) is 42.5 Å². The maximum absolute atomic E-state index is 12.1. The van der Waals surface area contributed by atoms with Crippen molar-refractivity contribution >= 4 is 23.5 Å². The monoisotopic (exact) mass is 397 g/mol. The highest BCUT2D eigenvalue weighted by Crippen LogP contribution is 2.17. The van der Waals surface area contributed by atoms with E-state index in [1.165, 1.54) is 6.92 Å². The molecule has 0 aliphatic rings. The van der Waals surface area contributed by atoms with Crippen molar-refractivity contribution in [2.45, 2.75) is 25.9 Å². The van der Waals surface area contributed by atoms with Gasteiger partial charge < -0.3 is 20.3 Å². The first-order valence-corrected chi connectivity index (χ1v) is 9.36. The van der Waals surface area contributed by atoms with E-state index in [2.05, 4.69) is 10.6 Å². The summed E-state index contributed by atoms with van der Waals surface area (Å²) in [5.74, 6) is -1.19. The number of carbonyl (C=O) groups excluding carboxylic acids is 3. The minimum atomic E-state index is -0.557. The van der Waals surface area contributed by atoms with Crippen LogP contribution < -0.4 is 15.5 Å². The highest BCUT2D eigenvalue weighted by atomic mass is 16.5. The van der Waals surface area contributed by atoms with Gasteiger partial charge in [0.2, 0.25) is 5.91 Å². The van der Waals surface area contributed by atoms with E-state index in [9.17, 15) is 14.4 Å². The van der Waals surface area contributed by atoms with Crippen LogP contribution in [0.1, 0.15) is 30.5 Å². The average molecular weight is 397 g/mol. The molecular weight excluding hydrogens is 370 g/mol. The Bertz CT molecular complexity index is 820. The van der Waals surface area contributed by atoms with E-state index in [4.69, 9.17) is 4.74 Å². The van der Waals surface area contributed by atoms with Gasteiger partial charge in [0.05, 0.1) is 12.5 Å². The summed E-state index contributed by atoms with van der Waals surface area (Å²) in [7, 11) is 3.92. The summed E-state index contributed by atoms with van der Waals surface area (Å²) in [4.78, 5) is 37.5. The molecule has 0 saturated carbocycles. The minimum absolute atomic E-state index is 0.0527. The molecule has 7 heteroatoms. The van der Waals surface area contributed by atoms with Gasteiger partial charge in [0.25, 0.3) is 5.91 Å². The summed E-state index contributed by atoms with van der Waals surface area (Å²) in [5, 5.41) is 5.45. The largest absolute Gasteiger partial charge is 0.456 e. The number of anilines is 1. The van der Waals surface area contributed by atoms with Crippen LogP contribution in [0.25, 0.3) is 0 Å². The van der Waals surface area contributed by atoms with Crippen LogP contribution in [-0.2, 0) is 25.7 Å². The second-order valence-electron chi connectivity index (χ2n) is 6.87. The summed E-state index contributed by atoms with van der Waals surface area (Å²) < 4.78 is 5.07. The quantitative estimate of drug-likeness (QED) is 0.634. The summed E-state index contributed by atoms with van der Waals surface area (Å²) in [6.07, 6.45) is -0.0527. The van der Waals surface area contributed by atoms with Gasteiger partial charge in [-0.3, -0.25) is 14.4 Å². The molecule has 0 saturated heterocycles. The van der Waals surface area contributed by atoms with Crippen LogP contribution in [0.15, 0.2) is 54.6 Å². The number of carbonyl (C=O) groups is 3. The van der Waals surface area contributed by atoms with Gasteiger partial charge in [0, 0.05) is 33.3 Å². The lowest BCUT2D eigenvalue weighted by atomic mass is 10.0. The van der Waals surface area contributed by atoms with Crippen molar-refractivity contribution in [1.29, 1.82) is 0 Å². The number of amides is 2. The fraction of sp³-hybridized carbons (Fsp3) is 0.318. The molecule has 0 bridgehead atoms. The fourth-order valence-corrected chi connectivity index (χ4v) is 2.72. The molecule has 2 rings (SSSR count). The van der Waals surface area contributed by atoms with Gasteiger partial charge in [-0.05, 0) is 23.3 Å². The maximum Gasteiger partial charge on any atom is 0.308 e. The molecule has 0 fully saturated rings. The zero-order valence-electron chi connectivity index (χ0n) is 17.0. The molecule has 0 aliphatic heterocycles.